The molecule has 0 aromatic heterocycles. The van der Waals surface area contributed by atoms with Gasteiger partial charge in [0.15, 0.2) is 0 Å². The van der Waals surface area contributed by atoms with Crippen LogP contribution in [0.3, 0.4) is 0 Å². The quantitative estimate of drug-likeness (QED) is 0.703. The molecule has 5 heteroatoms. The fourth-order valence-corrected chi connectivity index (χ4v) is 1.40. The lowest BCUT2D eigenvalue weighted by Gasteiger charge is -2.15. The molecule has 0 spiro atoms. The van der Waals surface area contributed by atoms with Crippen LogP contribution in [0.5, 0.6) is 0 Å². The molecule has 5 N–H and O–H groups in total. The molecule has 0 saturated heterocycles. The van der Waals surface area contributed by atoms with Crippen LogP contribution < -0.4 is 16.8 Å². The molecule has 0 saturated carbocycles. The first kappa shape index (κ1) is 14.2. The molecule has 98 valence electrons. The number of benzene rings is 1. The van der Waals surface area contributed by atoms with Crippen LogP contribution in [0.1, 0.15) is 29.8 Å². The largest absolute Gasteiger partial charge is 0.366 e. The summed E-state index contributed by atoms with van der Waals surface area (Å²) in [6.45, 7) is 4.18. The molecule has 0 aliphatic rings. The van der Waals surface area contributed by atoms with E-state index in [1.807, 2.05) is 13.8 Å². The number of rotatable bonds is 5. The van der Waals surface area contributed by atoms with Crippen LogP contribution in [0, 0.1) is 5.92 Å². The topological polar surface area (TPSA) is 98.2 Å². The molecule has 5 nitrogen and oxygen atoms in total. The van der Waals surface area contributed by atoms with Gasteiger partial charge in [-0.1, -0.05) is 26.0 Å². The minimum atomic E-state index is -0.505. The van der Waals surface area contributed by atoms with Crippen molar-refractivity contribution in [1.29, 1.82) is 0 Å². The molecule has 0 fully saturated rings. The van der Waals surface area contributed by atoms with Gasteiger partial charge in [-0.05, 0) is 23.6 Å². The van der Waals surface area contributed by atoms with Crippen LogP contribution in [-0.2, 0) is 11.3 Å². The van der Waals surface area contributed by atoms with Crippen molar-refractivity contribution in [3.05, 3.63) is 35.4 Å². The van der Waals surface area contributed by atoms with Gasteiger partial charge in [0.2, 0.25) is 11.8 Å². The SMILES string of the molecule is CC(C)[C@H](N)C(=O)NCc1ccc(C(N)=O)cc1. The van der Waals surface area contributed by atoms with E-state index in [1.54, 1.807) is 24.3 Å². The molecule has 0 radical (unpaired) electrons. The molecule has 0 aliphatic heterocycles. The van der Waals surface area contributed by atoms with Gasteiger partial charge in [0.1, 0.15) is 0 Å². The molecule has 1 atom stereocenters. The predicted octanol–water partition coefficient (Wildman–Crippen LogP) is 0.385. The summed E-state index contributed by atoms with van der Waals surface area (Å²) in [6.07, 6.45) is 0. The molecule has 18 heavy (non-hydrogen) atoms. The maximum atomic E-state index is 11.6. The summed E-state index contributed by atoms with van der Waals surface area (Å²) < 4.78 is 0. The van der Waals surface area contributed by atoms with Gasteiger partial charge >= 0.3 is 0 Å². The highest BCUT2D eigenvalue weighted by molar-refractivity contribution is 5.92. The Labute approximate surface area is 107 Å². The highest BCUT2D eigenvalue weighted by Gasteiger charge is 2.16. The molecule has 1 aromatic carbocycles. The van der Waals surface area contributed by atoms with E-state index in [-0.39, 0.29) is 11.8 Å². The maximum Gasteiger partial charge on any atom is 0.248 e. The number of carbonyl (C=O) groups is 2. The molecular formula is C13H19N3O2. The minimum Gasteiger partial charge on any atom is -0.366 e. The van der Waals surface area contributed by atoms with Crippen LogP contribution in [0.15, 0.2) is 24.3 Å². The van der Waals surface area contributed by atoms with Crippen molar-refractivity contribution in [1.82, 2.24) is 5.32 Å². The van der Waals surface area contributed by atoms with E-state index in [2.05, 4.69) is 5.32 Å². The van der Waals surface area contributed by atoms with Gasteiger partial charge in [-0.3, -0.25) is 9.59 Å². The van der Waals surface area contributed by atoms with Crippen LogP contribution in [-0.4, -0.2) is 17.9 Å². The van der Waals surface area contributed by atoms with Gasteiger partial charge in [0.05, 0.1) is 6.04 Å². The summed E-state index contributed by atoms with van der Waals surface area (Å²) in [5.74, 6) is -0.543. The number of hydrogen-bond donors (Lipinski definition) is 3. The molecule has 1 aromatic rings. The van der Waals surface area contributed by atoms with Crippen molar-refractivity contribution in [2.75, 3.05) is 0 Å². The molecule has 0 bridgehead atoms. The van der Waals surface area contributed by atoms with Gasteiger partial charge in [-0.25, -0.2) is 0 Å². The molecule has 1 rings (SSSR count). The van der Waals surface area contributed by atoms with Crippen molar-refractivity contribution in [2.24, 2.45) is 17.4 Å². The second-order valence-electron chi connectivity index (χ2n) is 4.55. The monoisotopic (exact) mass is 249 g/mol. The average molecular weight is 249 g/mol. The first-order valence-electron chi connectivity index (χ1n) is 5.84. The van der Waals surface area contributed by atoms with E-state index in [0.29, 0.717) is 12.1 Å². The van der Waals surface area contributed by atoms with Crippen molar-refractivity contribution in [2.45, 2.75) is 26.4 Å². The zero-order valence-electron chi connectivity index (χ0n) is 10.6. The normalized spacial score (nSPS) is 12.2. The highest BCUT2D eigenvalue weighted by Crippen LogP contribution is 2.04. The van der Waals surface area contributed by atoms with E-state index in [0.717, 1.165) is 5.56 Å². The number of carbonyl (C=O) groups excluding carboxylic acids is 2. The van der Waals surface area contributed by atoms with E-state index in [1.165, 1.54) is 0 Å². The Balaban J connectivity index is 2.54. The van der Waals surface area contributed by atoms with Crippen LogP contribution in [0.25, 0.3) is 0 Å². The Morgan fingerprint density at radius 1 is 1.22 bits per heavy atom. The van der Waals surface area contributed by atoms with Crippen molar-refractivity contribution in [3.8, 4) is 0 Å². The third-order valence-electron chi connectivity index (χ3n) is 2.73. The van der Waals surface area contributed by atoms with Crippen molar-refractivity contribution >= 4 is 11.8 Å². The maximum absolute atomic E-state index is 11.6. The summed E-state index contributed by atoms with van der Waals surface area (Å²) >= 11 is 0. The Kier molecular flexibility index (Phi) is 4.85. The van der Waals surface area contributed by atoms with E-state index < -0.39 is 11.9 Å². The minimum absolute atomic E-state index is 0.0993. The summed E-state index contributed by atoms with van der Waals surface area (Å²) in [5, 5.41) is 2.75. The lowest BCUT2D eigenvalue weighted by molar-refractivity contribution is -0.123. The van der Waals surface area contributed by atoms with Crippen molar-refractivity contribution in [3.63, 3.8) is 0 Å². The van der Waals surface area contributed by atoms with E-state index in [9.17, 15) is 9.59 Å². The number of amides is 2. The molecular weight excluding hydrogens is 230 g/mol. The lowest BCUT2D eigenvalue weighted by atomic mass is 10.0. The van der Waals surface area contributed by atoms with E-state index >= 15 is 0 Å². The summed E-state index contributed by atoms with van der Waals surface area (Å²) in [4.78, 5) is 22.5. The fraction of sp³-hybridized carbons (Fsp3) is 0.385. The van der Waals surface area contributed by atoms with E-state index in [4.69, 9.17) is 11.5 Å². The smallest absolute Gasteiger partial charge is 0.248 e. The summed E-state index contributed by atoms with van der Waals surface area (Å²) in [5.41, 5.74) is 12.2. The summed E-state index contributed by atoms with van der Waals surface area (Å²) in [7, 11) is 0. The number of primary amides is 1. The predicted molar refractivity (Wildman–Crippen MR) is 69.6 cm³/mol. The average Bonchev–Trinajstić information content (AvgIpc) is 2.35. The first-order chi connectivity index (χ1) is 8.41. The zero-order chi connectivity index (χ0) is 13.7. The standard InChI is InChI=1S/C13H19N3O2/c1-8(2)11(14)13(18)16-7-9-3-5-10(6-4-9)12(15)17/h3-6,8,11H,7,14H2,1-2H3,(H2,15,17)(H,16,18)/t11-/m0/s1. The zero-order valence-corrected chi connectivity index (χ0v) is 10.6. The van der Waals surface area contributed by atoms with Crippen LogP contribution in [0.2, 0.25) is 0 Å². The van der Waals surface area contributed by atoms with Gasteiger partial charge in [-0.15, -0.1) is 0 Å². The second kappa shape index (κ2) is 6.16. The molecule has 2 amide bonds. The first-order valence-corrected chi connectivity index (χ1v) is 5.84. The Morgan fingerprint density at radius 3 is 2.22 bits per heavy atom. The molecule has 0 unspecified atom stereocenters. The Morgan fingerprint density at radius 2 is 1.78 bits per heavy atom. The van der Waals surface area contributed by atoms with Gasteiger partial charge in [-0.2, -0.15) is 0 Å². The van der Waals surface area contributed by atoms with Crippen LogP contribution >= 0.6 is 0 Å². The summed E-state index contributed by atoms with van der Waals surface area (Å²) in [6, 6.07) is 6.26. The third-order valence-corrected chi connectivity index (χ3v) is 2.73. The highest BCUT2D eigenvalue weighted by atomic mass is 16.2. The number of nitrogens with two attached hydrogens (primary N) is 2. The van der Waals surface area contributed by atoms with Gasteiger partial charge in [0, 0.05) is 12.1 Å². The third kappa shape index (κ3) is 3.85. The lowest BCUT2D eigenvalue weighted by Crippen LogP contribution is -2.43. The molecule has 0 heterocycles. The number of nitrogens with one attached hydrogen (secondary N) is 1. The van der Waals surface area contributed by atoms with Gasteiger partial charge < -0.3 is 16.8 Å². The number of hydrogen-bond acceptors (Lipinski definition) is 3. The second-order valence-corrected chi connectivity index (χ2v) is 4.55. The van der Waals surface area contributed by atoms with Crippen LogP contribution in [0.4, 0.5) is 0 Å². The Hall–Kier alpha value is -1.88. The Bertz CT molecular complexity index is 426. The molecule has 0 aliphatic carbocycles. The van der Waals surface area contributed by atoms with Gasteiger partial charge in [0.25, 0.3) is 0 Å². The van der Waals surface area contributed by atoms with Crippen molar-refractivity contribution < 1.29 is 9.59 Å². The fourth-order valence-electron chi connectivity index (χ4n) is 1.40.